The van der Waals surface area contributed by atoms with Crippen molar-refractivity contribution < 1.29 is 19.7 Å². The van der Waals surface area contributed by atoms with E-state index in [1.165, 1.54) is 11.3 Å². The molecule has 1 aromatic heterocycles. The summed E-state index contributed by atoms with van der Waals surface area (Å²) >= 11 is 7.68. The Kier molecular flexibility index (Phi) is 5.68. The van der Waals surface area contributed by atoms with Crippen molar-refractivity contribution in [2.75, 3.05) is 13.7 Å². The van der Waals surface area contributed by atoms with Crippen LogP contribution in [0.2, 0.25) is 5.02 Å². The first kappa shape index (κ1) is 17.6. The molecule has 1 saturated heterocycles. The Balaban J connectivity index is 1.80. The number of aliphatic hydroxyl groups is 2. The Bertz CT molecular complexity index is 696. The first-order chi connectivity index (χ1) is 11.6. The molecule has 1 fully saturated rings. The Hall–Kier alpha value is -1.25. The topological polar surface area (TPSA) is 84.7 Å². The van der Waals surface area contributed by atoms with Gasteiger partial charge in [-0.25, -0.2) is 0 Å². The second kappa shape index (κ2) is 7.76. The number of hydrogen-bond acceptors (Lipinski definition) is 7. The normalized spacial score (nSPS) is 24.1. The number of nitrogens with zero attached hydrogens (tertiary/aromatic N) is 2. The van der Waals surface area contributed by atoms with Crippen LogP contribution in [0.25, 0.3) is 0 Å². The van der Waals surface area contributed by atoms with Crippen LogP contribution in [0.5, 0.6) is 5.19 Å². The van der Waals surface area contributed by atoms with E-state index < -0.39 is 6.10 Å². The smallest absolute Gasteiger partial charge is 0.293 e. The summed E-state index contributed by atoms with van der Waals surface area (Å²) in [6.07, 6.45) is 0.429. The van der Waals surface area contributed by atoms with E-state index >= 15 is 0 Å². The van der Waals surface area contributed by atoms with Gasteiger partial charge in [-0.05, 0) is 17.2 Å². The van der Waals surface area contributed by atoms with Crippen molar-refractivity contribution in [2.45, 2.75) is 37.6 Å². The molecule has 8 heteroatoms. The molecule has 0 amide bonds. The van der Waals surface area contributed by atoms with Crippen molar-refractivity contribution >= 4 is 22.9 Å². The number of aromatic nitrogens is 2. The molecule has 1 aromatic carbocycles. The summed E-state index contributed by atoms with van der Waals surface area (Å²) in [7, 11) is 1.56. The minimum atomic E-state index is -0.479. The van der Waals surface area contributed by atoms with Crippen LogP contribution in [0.1, 0.15) is 35.1 Å². The van der Waals surface area contributed by atoms with E-state index in [1.807, 2.05) is 18.2 Å². The summed E-state index contributed by atoms with van der Waals surface area (Å²) in [5.74, 6) is 0. The lowest BCUT2D eigenvalue weighted by molar-refractivity contribution is -0.113. The molecule has 0 spiro atoms. The summed E-state index contributed by atoms with van der Waals surface area (Å²) in [5, 5.41) is 29.3. The van der Waals surface area contributed by atoms with Gasteiger partial charge in [-0.2, -0.15) is 0 Å². The molecule has 130 valence electrons. The second-order valence-electron chi connectivity index (χ2n) is 5.75. The van der Waals surface area contributed by atoms with E-state index in [2.05, 4.69) is 10.2 Å². The molecule has 0 saturated carbocycles. The summed E-state index contributed by atoms with van der Waals surface area (Å²) < 4.78 is 10.9. The third kappa shape index (κ3) is 4.04. The quantitative estimate of drug-likeness (QED) is 0.840. The maximum Gasteiger partial charge on any atom is 0.293 e. The number of benzene rings is 1. The van der Waals surface area contributed by atoms with E-state index in [1.54, 1.807) is 7.11 Å². The predicted molar refractivity (Wildman–Crippen MR) is 90.7 cm³/mol. The Labute approximate surface area is 149 Å². The van der Waals surface area contributed by atoms with Crippen LogP contribution in [-0.2, 0) is 11.2 Å². The van der Waals surface area contributed by atoms with Gasteiger partial charge in [-0.3, -0.25) is 0 Å². The average molecular weight is 371 g/mol. The zero-order chi connectivity index (χ0) is 17.1. The van der Waals surface area contributed by atoms with Gasteiger partial charge in [-0.15, -0.1) is 10.2 Å². The Morgan fingerprint density at radius 2 is 2.21 bits per heavy atom. The number of hydrogen-bond donors (Lipinski definition) is 2. The van der Waals surface area contributed by atoms with Crippen LogP contribution in [0.3, 0.4) is 0 Å². The van der Waals surface area contributed by atoms with Gasteiger partial charge < -0.3 is 19.7 Å². The molecule has 3 rings (SSSR count). The summed E-state index contributed by atoms with van der Waals surface area (Å²) in [6.45, 7) is -0.0986. The van der Waals surface area contributed by atoms with Crippen molar-refractivity contribution in [3.05, 3.63) is 39.4 Å². The number of ether oxygens (including phenoxy) is 2. The molecule has 3 unspecified atom stereocenters. The highest BCUT2D eigenvalue weighted by molar-refractivity contribution is 7.13. The summed E-state index contributed by atoms with van der Waals surface area (Å²) in [4.78, 5) is 0. The third-order valence-electron chi connectivity index (χ3n) is 3.99. The van der Waals surface area contributed by atoms with Gasteiger partial charge >= 0.3 is 0 Å². The second-order valence-corrected chi connectivity index (χ2v) is 7.18. The fourth-order valence-electron chi connectivity index (χ4n) is 2.81. The lowest BCUT2D eigenvalue weighted by Gasteiger charge is -2.32. The van der Waals surface area contributed by atoms with Crippen LogP contribution >= 0.6 is 22.9 Å². The molecule has 1 aliphatic rings. The van der Waals surface area contributed by atoms with Crippen molar-refractivity contribution in [1.29, 1.82) is 0 Å². The average Bonchev–Trinajstić information content (AvgIpc) is 3.04. The zero-order valence-corrected chi connectivity index (χ0v) is 14.8. The van der Waals surface area contributed by atoms with Crippen molar-refractivity contribution in [2.24, 2.45) is 0 Å². The maximum atomic E-state index is 9.98. The lowest BCUT2D eigenvalue weighted by Crippen LogP contribution is -2.33. The van der Waals surface area contributed by atoms with E-state index in [-0.39, 0.29) is 18.8 Å². The van der Waals surface area contributed by atoms with Crippen LogP contribution in [0, 0.1) is 0 Å². The fraction of sp³-hybridized carbons (Fsp3) is 0.500. The van der Waals surface area contributed by atoms with Crippen LogP contribution in [0.15, 0.2) is 18.2 Å². The minimum Gasteiger partial charge on any atom is -0.472 e. The molecule has 2 aromatic rings. The molecular weight excluding hydrogens is 352 g/mol. The zero-order valence-electron chi connectivity index (χ0n) is 13.2. The number of methoxy groups -OCH3 is 1. The largest absolute Gasteiger partial charge is 0.472 e. The van der Waals surface area contributed by atoms with Crippen molar-refractivity contribution in [1.82, 2.24) is 10.2 Å². The lowest BCUT2D eigenvalue weighted by atomic mass is 9.95. The fourth-order valence-corrected chi connectivity index (χ4v) is 3.67. The van der Waals surface area contributed by atoms with Crippen molar-refractivity contribution in [3.63, 3.8) is 0 Å². The maximum absolute atomic E-state index is 9.98. The highest BCUT2D eigenvalue weighted by Gasteiger charge is 2.29. The van der Waals surface area contributed by atoms with Gasteiger partial charge in [0.15, 0.2) is 0 Å². The first-order valence-corrected chi connectivity index (χ1v) is 8.87. The van der Waals surface area contributed by atoms with E-state index in [0.717, 1.165) is 16.1 Å². The summed E-state index contributed by atoms with van der Waals surface area (Å²) in [6, 6.07) is 5.68. The SMILES string of the molecule is COc1nnc(Cc2cc(C3CC(O)CC(CO)O3)ccc2Cl)s1. The van der Waals surface area contributed by atoms with E-state index in [0.29, 0.717) is 29.5 Å². The van der Waals surface area contributed by atoms with Crippen LogP contribution in [-0.4, -0.2) is 46.3 Å². The van der Waals surface area contributed by atoms with E-state index in [4.69, 9.17) is 21.1 Å². The molecule has 6 nitrogen and oxygen atoms in total. The number of aliphatic hydroxyl groups excluding tert-OH is 2. The van der Waals surface area contributed by atoms with Crippen LogP contribution in [0.4, 0.5) is 0 Å². The van der Waals surface area contributed by atoms with Gasteiger partial charge in [0, 0.05) is 24.3 Å². The molecule has 0 bridgehead atoms. The molecular formula is C16H19ClN2O4S. The van der Waals surface area contributed by atoms with E-state index in [9.17, 15) is 10.2 Å². The van der Waals surface area contributed by atoms with Gasteiger partial charge in [0.25, 0.3) is 5.19 Å². The Morgan fingerprint density at radius 1 is 1.38 bits per heavy atom. The highest BCUT2D eigenvalue weighted by atomic mass is 35.5. The highest BCUT2D eigenvalue weighted by Crippen LogP contribution is 2.34. The molecule has 0 aliphatic carbocycles. The summed E-state index contributed by atoms with van der Waals surface area (Å²) in [5.41, 5.74) is 1.85. The van der Waals surface area contributed by atoms with Gasteiger partial charge in [0.1, 0.15) is 5.01 Å². The van der Waals surface area contributed by atoms with Crippen molar-refractivity contribution in [3.8, 4) is 5.19 Å². The molecule has 1 aliphatic heterocycles. The predicted octanol–water partition coefficient (Wildman–Crippen LogP) is 2.36. The number of rotatable bonds is 5. The molecule has 3 atom stereocenters. The number of halogens is 1. The minimum absolute atomic E-state index is 0.0986. The molecule has 0 radical (unpaired) electrons. The Morgan fingerprint density at radius 3 is 2.92 bits per heavy atom. The first-order valence-electron chi connectivity index (χ1n) is 7.68. The molecule has 2 heterocycles. The monoisotopic (exact) mass is 370 g/mol. The standard InChI is InChI=1S/C16H19ClN2O4S/c1-22-16-19-18-15(24-16)5-10-4-9(2-3-13(10)17)14-7-11(21)6-12(8-20)23-14/h2-4,11-12,14,20-21H,5-8H2,1H3. The van der Waals surface area contributed by atoms with Gasteiger partial charge in [0.05, 0.1) is 32.0 Å². The van der Waals surface area contributed by atoms with Gasteiger partial charge in [0.2, 0.25) is 0 Å². The molecule has 24 heavy (non-hydrogen) atoms. The van der Waals surface area contributed by atoms with Gasteiger partial charge in [-0.1, -0.05) is 35.1 Å². The third-order valence-corrected chi connectivity index (χ3v) is 5.24. The van der Waals surface area contributed by atoms with Crippen LogP contribution < -0.4 is 4.74 Å². The molecule has 2 N–H and O–H groups in total.